The van der Waals surface area contributed by atoms with E-state index in [-0.39, 0.29) is 5.56 Å². The number of esters is 1. The van der Waals surface area contributed by atoms with E-state index in [0.717, 1.165) is 33.8 Å². The molecule has 46 heavy (non-hydrogen) atoms. The Labute approximate surface area is 280 Å². The molecule has 3 heterocycles. The number of hydrogen-bond acceptors (Lipinski definition) is 6. The van der Waals surface area contributed by atoms with Crippen LogP contribution in [0.15, 0.2) is 99.9 Å². The maximum absolute atomic E-state index is 14.0. The summed E-state index contributed by atoms with van der Waals surface area (Å²) in [5.41, 5.74) is 6.35. The molecular weight excluding hydrogens is 641 g/mol. The van der Waals surface area contributed by atoms with E-state index in [2.05, 4.69) is 10.6 Å². The molecule has 1 aliphatic rings. The zero-order chi connectivity index (χ0) is 32.5. The number of hydrogen-bond donors (Lipinski definition) is 0. The van der Waals surface area contributed by atoms with Gasteiger partial charge in [-0.25, -0.2) is 9.79 Å². The van der Waals surface area contributed by atoms with Crippen molar-refractivity contribution in [2.75, 3.05) is 7.11 Å². The van der Waals surface area contributed by atoms with Crippen LogP contribution < -0.4 is 19.6 Å². The van der Waals surface area contributed by atoms with Crippen molar-refractivity contribution in [1.29, 1.82) is 0 Å². The number of ether oxygens (including phenoxy) is 2. The summed E-state index contributed by atoms with van der Waals surface area (Å²) in [5, 5.41) is 1.14. The summed E-state index contributed by atoms with van der Waals surface area (Å²) >= 11 is 13.6. The summed E-state index contributed by atoms with van der Waals surface area (Å²) in [5.74, 6) is 0.224. The first kappa shape index (κ1) is 31.6. The molecule has 10 heteroatoms. The van der Waals surface area contributed by atoms with Crippen molar-refractivity contribution in [2.24, 2.45) is 4.99 Å². The number of rotatable bonds is 8. The van der Waals surface area contributed by atoms with Crippen LogP contribution >= 0.6 is 34.5 Å². The Hall–Kier alpha value is -4.37. The predicted octanol–water partition coefficient (Wildman–Crippen LogP) is 7.09. The van der Waals surface area contributed by atoms with Gasteiger partial charge in [0.1, 0.15) is 12.4 Å². The molecule has 3 aromatic carbocycles. The molecule has 0 saturated carbocycles. The standard InChI is InChI=1S/C36H31Cl2N3O4S/c1-5-30-32(35(43)44-4)33(23-9-7-6-8-10-23)41-34(42)31(46-36(41)39-30)18-25-17-21(2)40(22(25)3)27-13-15-28(16-14-27)45-20-24-11-12-26(37)19-29(24)38/h6-19,33H,5,20H2,1-4H3/b31-18+/t33-/m1/s1. The fourth-order valence-electron chi connectivity index (χ4n) is 5.78. The molecule has 0 aliphatic carbocycles. The molecule has 5 aromatic rings. The third-order valence-corrected chi connectivity index (χ3v) is 9.60. The van der Waals surface area contributed by atoms with Crippen LogP contribution in [0.2, 0.25) is 10.0 Å². The minimum Gasteiger partial charge on any atom is -0.489 e. The fraction of sp³-hybridized carbons (Fsp3) is 0.194. The molecule has 6 rings (SSSR count). The van der Waals surface area contributed by atoms with Crippen LogP contribution in [0.1, 0.15) is 47.5 Å². The number of nitrogens with zero attached hydrogens (tertiary/aromatic N) is 3. The second-order valence-electron chi connectivity index (χ2n) is 10.9. The van der Waals surface area contributed by atoms with Crippen LogP contribution in [0.3, 0.4) is 0 Å². The quantitative estimate of drug-likeness (QED) is 0.165. The molecule has 0 amide bonds. The number of benzene rings is 3. The molecule has 1 atom stereocenters. The topological polar surface area (TPSA) is 74.8 Å². The number of methoxy groups -OCH3 is 1. The lowest BCUT2D eigenvalue weighted by Crippen LogP contribution is -2.40. The molecule has 0 N–H and O–H groups in total. The predicted molar refractivity (Wildman–Crippen MR) is 183 cm³/mol. The van der Waals surface area contributed by atoms with Crippen LogP contribution in [0.4, 0.5) is 0 Å². The molecule has 0 fully saturated rings. The Bertz CT molecular complexity index is 2160. The first-order valence-electron chi connectivity index (χ1n) is 14.7. The maximum Gasteiger partial charge on any atom is 0.338 e. The molecule has 0 unspecified atom stereocenters. The molecule has 7 nitrogen and oxygen atoms in total. The minimum atomic E-state index is -0.633. The SMILES string of the molecule is CCC1=C(C(=O)OC)[C@@H](c2ccccc2)n2c(s/c(=C/c3cc(C)n(-c4ccc(OCc5ccc(Cl)cc5Cl)cc4)c3C)c2=O)=N1. The Kier molecular flexibility index (Phi) is 9.04. The van der Waals surface area contributed by atoms with Gasteiger partial charge in [0.05, 0.1) is 29.0 Å². The van der Waals surface area contributed by atoms with Crippen molar-refractivity contribution in [1.82, 2.24) is 9.13 Å². The van der Waals surface area contributed by atoms with Crippen LogP contribution in [0.25, 0.3) is 11.8 Å². The van der Waals surface area contributed by atoms with E-state index in [4.69, 9.17) is 37.7 Å². The normalized spacial score (nSPS) is 14.7. The Morgan fingerprint density at radius 2 is 1.76 bits per heavy atom. The molecule has 0 radical (unpaired) electrons. The van der Waals surface area contributed by atoms with E-state index in [1.807, 2.05) is 87.5 Å². The number of carbonyl (C=O) groups is 1. The number of carbonyl (C=O) groups excluding carboxylic acids is 1. The second kappa shape index (κ2) is 13.2. The number of allylic oxidation sites excluding steroid dienone is 1. The second-order valence-corrected chi connectivity index (χ2v) is 12.7. The number of aromatic nitrogens is 2. The third-order valence-electron chi connectivity index (χ3n) is 8.03. The van der Waals surface area contributed by atoms with E-state index >= 15 is 0 Å². The van der Waals surface area contributed by atoms with Crippen molar-refractivity contribution in [3.05, 3.63) is 148 Å². The first-order valence-corrected chi connectivity index (χ1v) is 16.3. The molecule has 0 saturated heterocycles. The van der Waals surface area contributed by atoms with E-state index in [9.17, 15) is 9.59 Å². The van der Waals surface area contributed by atoms with Crippen molar-refractivity contribution < 1.29 is 14.3 Å². The van der Waals surface area contributed by atoms with Gasteiger partial charge in [0, 0.05) is 32.7 Å². The highest BCUT2D eigenvalue weighted by molar-refractivity contribution is 7.07. The van der Waals surface area contributed by atoms with Crippen LogP contribution in [-0.4, -0.2) is 22.2 Å². The molecule has 1 aliphatic heterocycles. The molecule has 2 aromatic heterocycles. The summed E-state index contributed by atoms with van der Waals surface area (Å²) in [6.07, 6.45) is 2.43. The minimum absolute atomic E-state index is 0.207. The van der Waals surface area contributed by atoms with Gasteiger partial charge in [-0.15, -0.1) is 0 Å². The average molecular weight is 673 g/mol. The van der Waals surface area contributed by atoms with E-state index in [1.165, 1.54) is 18.4 Å². The average Bonchev–Trinajstić information content (AvgIpc) is 3.53. The monoisotopic (exact) mass is 671 g/mol. The summed E-state index contributed by atoms with van der Waals surface area (Å²) < 4.78 is 15.4. The fourth-order valence-corrected chi connectivity index (χ4v) is 7.25. The van der Waals surface area contributed by atoms with Crippen LogP contribution in [0.5, 0.6) is 5.75 Å². The molecular formula is C36H31Cl2N3O4S. The molecule has 0 bridgehead atoms. The Morgan fingerprint density at radius 1 is 1.02 bits per heavy atom. The van der Waals surface area contributed by atoms with Crippen molar-refractivity contribution in [2.45, 2.75) is 39.8 Å². The van der Waals surface area contributed by atoms with Gasteiger partial charge < -0.3 is 14.0 Å². The summed E-state index contributed by atoms with van der Waals surface area (Å²) in [6.45, 7) is 6.33. The number of aryl methyl sites for hydroxylation is 1. The largest absolute Gasteiger partial charge is 0.489 e. The van der Waals surface area contributed by atoms with Gasteiger partial charge in [-0.3, -0.25) is 9.36 Å². The lowest BCUT2D eigenvalue weighted by atomic mass is 9.95. The lowest BCUT2D eigenvalue weighted by molar-refractivity contribution is -0.136. The van der Waals surface area contributed by atoms with Gasteiger partial charge in [0.15, 0.2) is 4.80 Å². The third kappa shape index (κ3) is 5.96. The smallest absolute Gasteiger partial charge is 0.338 e. The van der Waals surface area contributed by atoms with Crippen LogP contribution in [0, 0.1) is 13.8 Å². The Balaban J connectivity index is 1.35. The van der Waals surface area contributed by atoms with Gasteiger partial charge in [-0.1, -0.05) is 77.9 Å². The zero-order valence-corrected chi connectivity index (χ0v) is 28.0. The van der Waals surface area contributed by atoms with Crippen LogP contribution in [-0.2, 0) is 16.1 Å². The summed E-state index contributed by atoms with van der Waals surface area (Å²) in [4.78, 5) is 32.4. The van der Waals surface area contributed by atoms with Gasteiger partial charge in [-0.2, -0.15) is 0 Å². The van der Waals surface area contributed by atoms with Crippen molar-refractivity contribution >= 4 is 46.6 Å². The number of thiazole rings is 1. The van der Waals surface area contributed by atoms with Gasteiger partial charge in [0.2, 0.25) is 0 Å². The maximum atomic E-state index is 14.0. The van der Waals surface area contributed by atoms with Gasteiger partial charge in [0.25, 0.3) is 5.56 Å². The highest BCUT2D eigenvalue weighted by Gasteiger charge is 2.33. The Morgan fingerprint density at radius 3 is 2.43 bits per heavy atom. The summed E-state index contributed by atoms with van der Waals surface area (Å²) in [7, 11) is 1.35. The van der Waals surface area contributed by atoms with Crippen molar-refractivity contribution in [3.8, 4) is 11.4 Å². The highest BCUT2D eigenvalue weighted by Crippen LogP contribution is 2.32. The van der Waals surface area contributed by atoms with Gasteiger partial charge in [-0.05, 0) is 79.9 Å². The van der Waals surface area contributed by atoms with E-state index in [1.54, 1.807) is 16.7 Å². The molecule has 234 valence electrons. The van der Waals surface area contributed by atoms with E-state index < -0.39 is 12.0 Å². The number of halogens is 2. The summed E-state index contributed by atoms with van der Waals surface area (Å²) in [6, 6.07) is 24.1. The first-order chi connectivity index (χ1) is 22.2. The number of fused-ring (bicyclic) bond motifs is 1. The van der Waals surface area contributed by atoms with Gasteiger partial charge >= 0.3 is 5.97 Å². The molecule has 0 spiro atoms. The van der Waals surface area contributed by atoms with Crippen molar-refractivity contribution in [3.63, 3.8) is 0 Å². The lowest BCUT2D eigenvalue weighted by Gasteiger charge is -2.25. The highest BCUT2D eigenvalue weighted by atomic mass is 35.5. The zero-order valence-electron chi connectivity index (χ0n) is 25.7. The van der Waals surface area contributed by atoms with E-state index in [0.29, 0.717) is 49.4 Å².